The number of aromatic nitrogens is 8. The minimum atomic E-state index is 0.440. The zero-order chi connectivity index (χ0) is 35.1. The van der Waals surface area contributed by atoms with Crippen LogP contribution in [0, 0.1) is 27.7 Å². The number of hydrogen-bond donors (Lipinski definition) is 0. The summed E-state index contributed by atoms with van der Waals surface area (Å²) < 4.78 is 3.60. The van der Waals surface area contributed by atoms with Gasteiger partial charge >= 0.3 is 0 Å². The number of benzene rings is 4. The molecule has 0 saturated carbocycles. The normalized spacial score (nSPS) is 11.4. The lowest BCUT2D eigenvalue weighted by Gasteiger charge is -2.38. The van der Waals surface area contributed by atoms with Gasteiger partial charge in [-0.3, -0.25) is 10.0 Å². The minimum absolute atomic E-state index is 0.440. The van der Waals surface area contributed by atoms with Gasteiger partial charge in [-0.25, -0.2) is 19.3 Å². The van der Waals surface area contributed by atoms with Crippen molar-refractivity contribution in [3.8, 4) is 11.9 Å². The van der Waals surface area contributed by atoms with Crippen LogP contribution in [0.25, 0.3) is 33.7 Å². The molecular formula is C40H35ClN10. The molecule has 0 aliphatic rings. The molecule has 0 fully saturated rings. The highest BCUT2D eigenvalue weighted by Gasteiger charge is 2.27. The third-order valence-electron chi connectivity index (χ3n) is 8.74. The predicted molar refractivity (Wildman–Crippen MR) is 203 cm³/mol. The molecule has 252 valence electrons. The Kier molecular flexibility index (Phi) is 8.37. The molecule has 0 bridgehead atoms. The van der Waals surface area contributed by atoms with Gasteiger partial charge in [0.15, 0.2) is 11.6 Å². The average Bonchev–Trinajstić information content (AvgIpc) is 3.68. The molecule has 11 heteroatoms. The van der Waals surface area contributed by atoms with Gasteiger partial charge in [-0.2, -0.15) is 20.2 Å². The molecule has 0 aliphatic heterocycles. The van der Waals surface area contributed by atoms with E-state index in [4.69, 9.17) is 41.7 Å². The highest BCUT2D eigenvalue weighted by molar-refractivity contribution is 6.30. The smallest absolute Gasteiger partial charge is 0.253 e. The van der Waals surface area contributed by atoms with E-state index in [1.165, 1.54) is 0 Å². The van der Waals surface area contributed by atoms with Crippen molar-refractivity contribution >= 4 is 45.0 Å². The van der Waals surface area contributed by atoms with Gasteiger partial charge in [0.2, 0.25) is 0 Å². The van der Waals surface area contributed by atoms with E-state index in [0.29, 0.717) is 41.6 Å². The summed E-state index contributed by atoms with van der Waals surface area (Å²) >= 11 is 6.39. The lowest BCUT2D eigenvalue weighted by Crippen LogP contribution is -2.44. The molecule has 4 aromatic heterocycles. The summed E-state index contributed by atoms with van der Waals surface area (Å²) in [5.74, 6) is 2.36. The van der Waals surface area contributed by atoms with Crippen LogP contribution in [0.1, 0.15) is 33.9 Å². The molecular weight excluding hydrogens is 656 g/mol. The van der Waals surface area contributed by atoms with E-state index in [1.807, 2.05) is 107 Å². The topological polar surface area (TPSA) is 93.7 Å². The van der Waals surface area contributed by atoms with Gasteiger partial charge in [0.25, 0.3) is 11.9 Å². The van der Waals surface area contributed by atoms with E-state index in [0.717, 1.165) is 55.7 Å². The summed E-state index contributed by atoms with van der Waals surface area (Å²) in [5, 5.41) is 16.3. The second-order valence-electron chi connectivity index (χ2n) is 12.6. The zero-order valence-corrected chi connectivity index (χ0v) is 29.5. The van der Waals surface area contributed by atoms with Gasteiger partial charge < -0.3 is 0 Å². The second-order valence-corrected chi connectivity index (χ2v) is 13.1. The Balaban J connectivity index is 1.43. The highest BCUT2D eigenvalue weighted by atomic mass is 35.5. The number of halogens is 1. The summed E-state index contributed by atoms with van der Waals surface area (Å²) in [5.41, 5.74) is 7.37. The van der Waals surface area contributed by atoms with E-state index < -0.39 is 0 Å². The molecule has 4 heterocycles. The van der Waals surface area contributed by atoms with E-state index in [9.17, 15) is 0 Å². The molecule has 0 spiro atoms. The monoisotopic (exact) mass is 690 g/mol. The molecule has 0 N–H and O–H groups in total. The maximum atomic E-state index is 6.39. The Labute approximate surface area is 300 Å². The van der Waals surface area contributed by atoms with Gasteiger partial charge in [-0.1, -0.05) is 78.3 Å². The van der Waals surface area contributed by atoms with Crippen molar-refractivity contribution in [3.05, 3.63) is 154 Å². The first-order chi connectivity index (χ1) is 24.8. The van der Waals surface area contributed by atoms with Crippen molar-refractivity contribution in [2.75, 3.05) is 10.0 Å². The molecule has 0 unspecified atom stereocenters. The van der Waals surface area contributed by atoms with Crippen LogP contribution in [0.2, 0.25) is 5.02 Å². The Bertz CT molecular complexity index is 2510. The average molecular weight is 691 g/mol. The summed E-state index contributed by atoms with van der Waals surface area (Å²) in [4.78, 5) is 20.6. The van der Waals surface area contributed by atoms with Crippen LogP contribution in [0.3, 0.4) is 0 Å². The van der Waals surface area contributed by atoms with E-state index >= 15 is 0 Å². The Hall–Kier alpha value is -6.13. The second kappa shape index (κ2) is 13.3. The predicted octanol–water partition coefficient (Wildman–Crippen LogP) is 8.46. The molecule has 8 aromatic rings. The van der Waals surface area contributed by atoms with Crippen molar-refractivity contribution < 1.29 is 0 Å². The first-order valence-corrected chi connectivity index (χ1v) is 17.1. The van der Waals surface area contributed by atoms with Crippen LogP contribution in [0.4, 0.5) is 11.6 Å². The largest absolute Gasteiger partial charge is 0.261 e. The van der Waals surface area contributed by atoms with Crippen LogP contribution in [-0.4, -0.2) is 39.5 Å². The van der Waals surface area contributed by atoms with Gasteiger partial charge in [-0.05, 0) is 87.4 Å². The van der Waals surface area contributed by atoms with Crippen molar-refractivity contribution in [2.24, 2.45) is 0 Å². The Morgan fingerprint density at radius 3 is 1.39 bits per heavy atom. The summed E-state index contributed by atoms with van der Waals surface area (Å²) in [6, 6.07) is 38.5. The first-order valence-electron chi connectivity index (χ1n) is 16.7. The summed E-state index contributed by atoms with van der Waals surface area (Å²) in [6.07, 6.45) is 0. The van der Waals surface area contributed by atoms with Crippen LogP contribution in [0.5, 0.6) is 0 Å². The number of aryl methyl sites for hydroxylation is 4. The number of para-hydroxylation sites is 2. The number of nitrogens with zero attached hydrogens (tertiary/aromatic N) is 10. The maximum absolute atomic E-state index is 6.39. The zero-order valence-electron chi connectivity index (χ0n) is 28.7. The Morgan fingerprint density at radius 1 is 0.510 bits per heavy atom. The molecule has 0 saturated heterocycles. The number of anilines is 2. The highest BCUT2D eigenvalue weighted by Crippen LogP contribution is 2.34. The number of fused-ring (bicyclic) bond motifs is 2. The van der Waals surface area contributed by atoms with Crippen LogP contribution in [-0.2, 0) is 13.1 Å². The number of rotatable bonds is 9. The fourth-order valence-electron chi connectivity index (χ4n) is 6.41. The van der Waals surface area contributed by atoms with E-state index in [2.05, 4.69) is 46.4 Å². The van der Waals surface area contributed by atoms with Gasteiger partial charge in [-0.15, -0.1) is 0 Å². The molecule has 4 aromatic carbocycles. The number of hydrazine groups is 1. The van der Waals surface area contributed by atoms with E-state index in [-0.39, 0.29) is 0 Å². The lowest BCUT2D eigenvalue weighted by molar-refractivity contribution is 0.682. The van der Waals surface area contributed by atoms with Crippen LogP contribution >= 0.6 is 11.6 Å². The lowest BCUT2D eigenvalue weighted by atomic mass is 10.1. The molecule has 0 atom stereocenters. The van der Waals surface area contributed by atoms with Crippen LogP contribution < -0.4 is 10.0 Å². The summed E-state index contributed by atoms with van der Waals surface area (Å²) in [7, 11) is 0. The van der Waals surface area contributed by atoms with Gasteiger partial charge in [0.05, 0.1) is 35.5 Å². The Morgan fingerprint density at radius 2 is 0.941 bits per heavy atom. The van der Waals surface area contributed by atoms with Crippen molar-refractivity contribution in [1.82, 2.24) is 39.5 Å². The van der Waals surface area contributed by atoms with Crippen molar-refractivity contribution in [2.45, 2.75) is 40.8 Å². The molecule has 0 amide bonds. The fraction of sp³-hybridized carbons (Fsp3) is 0.150. The summed E-state index contributed by atoms with van der Waals surface area (Å²) in [6.45, 7) is 8.89. The molecule has 10 nitrogen and oxygen atoms in total. The molecule has 0 aliphatic carbocycles. The third-order valence-corrected chi connectivity index (χ3v) is 8.99. The molecule has 51 heavy (non-hydrogen) atoms. The van der Waals surface area contributed by atoms with Crippen LogP contribution in [0.15, 0.2) is 115 Å². The van der Waals surface area contributed by atoms with Gasteiger partial charge in [0, 0.05) is 27.2 Å². The molecule has 0 radical (unpaired) electrons. The van der Waals surface area contributed by atoms with Crippen molar-refractivity contribution in [1.29, 1.82) is 0 Å². The molecule has 8 rings (SSSR count). The van der Waals surface area contributed by atoms with Crippen molar-refractivity contribution in [3.63, 3.8) is 0 Å². The quantitative estimate of drug-likeness (QED) is 0.139. The number of hydrogen-bond acceptors (Lipinski definition) is 8. The minimum Gasteiger partial charge on any atom is -0.261 e. The standard InChI is InChI=1S/C40H35ClN10/c1-26-22-28(3)50(46-26)39-42-35-16-10-8-14-33(35)37(44-39)48(24-30-12-6-5-7-13-30)49(25-31-18-20-32(41)21-19-31)38-34-15-9-11-17-36(34)43-40(45-38)51-29(4)23-27(2)47-51/h5-23H,24-25H2,1-4H3. The van der Waals surface area contributed by atoms with E-state index in [1.54, 1.807) is 9.36 Å². The van der Waals surface area contributed by atoms with Gasteiger partial charge in [0.1, 0.15) is 0 Å². The third kappa shape index (κ3) is 6.37. The SMILES string of the molecule is Cc1cc(C)n(-c2nc(N(Cc3ccccc3)N(Cc3ccc(Cl)cc3)c3nc(-n4nc(C)cc4C)nc4ccccc34)c3ccccc3n2)n1. The maximum Gasteiger partial charge on any atom is 0.253 e. The first kappa shape index (κ1) is 32.1. The fourth-order valence-corrected chi connectivity index (χ4v) is 6.54.